The molecule has 3 rings (SSSR count). The topological polar surface area (TPSA) is 50.8 Å². The zero-order chi connectivity index (χ0) is 12.6. The van der Waals surface area contributed by atoms with Gasteiger partial charge in [-0.15, -0.1) is 0 Å². The number of rotatable bonds is 2. The van der Waals surface area contributed by atoms with Gasteiger partial charge in [0.15, 0.2) is 0 Å². The van der Waals surface area contributed by atoms with Gasteiger partial charge in [-0.1, -0.05) is 0 Å². The number of fused-ring (bicyclic) bond motifs is 1. The monoisotopic (exact) mass is 253 g/mol. The lowest BCUT2D eigenvalue weighted by molar-refractivity contribution is -0.0586. The maximum absolute atomic E-state index is 13.0. The van der Waals surface area contributed by atoms with Crippen LogP contribution >= 0.6 is 0 Å². The number of alkyl halides is 2. The maximum atomic E-state index is 13.0. The van der Waals surface area contributed by atoms with E-state index >= 15 is 0 Å². The second-order valence-corrected chi connectivity index (χ2v) is 4.59. The van der Waals surface area contributed by atoms with Crippen LogP contribution in [0.2, 0.25) is 0 Å². The lowest BCUT2D eigenvalue weighted by Gasteiger charge is -2.28. The highest BCUT2D eigenvalue weighted by atomic mass is 19.3. The van der Waals surface area contributed by atoms with Crippen LogP contribution in [-0.2, 0) is 0 Å². The summed E-state index contributed by atoms with van der Waals surface area (Å²) in [5.41, 5.74) is 0.695. The number of ether oxygens (including phenoxy) is 1. The number of halogens is 2. The standard InChI is InChI=1S/C12H13F2N3O/c13-12(14)4-1-8(2-5-12)18-11-9-3-6-15-10(9)16-7-17-11/h3,6-8H,1-2,4-5H2,(H,15,16,17). The fraction of sp³-hybridized carbons (Fsp3) is 0.500. The number of nitrogens with zero attached hydrogens (tertiary/aromatic N) is 2. The summed E-state index contributed by atoms with van der Waals surface area (Å²) in [6.07, 6.45) is 3.48. The van der Waals surface area contributed by atoms with Crippen LogP contribution in [-0.4, -0.2) is 27.0 Å². The molecule has 1 aliphatic rings. The smallest absolute Gasteiger partial charge is 0.248 e. The molecule has 1 saturated carbocycles. The number of hydrogen-bond donors (Lipinski definition) is 1. The molecule has 6 heteroatoms. The first kappa shape index (κ1) is 11.4. The van der Waals surface area contributed by atoms with Gasteiger partial charge in [-0.05, 0) is 18.9 Å². The number of aromatic nitrogens is 3. The van der Waals surface area contributed by atoms with Crippen LogP contribution in [0.4, 0.5) is 8.78 Å². The lowest BCUT2D eigenvalue weighted by atomic mass is 9.94. The summed E-state index contributed by atoms with van der Waals surface area (Å²) in [5, 5.41) is 0.787. The Labute approximate surface area is 102 Å². The molecule has 0 unspecified atom stereocenters. The van der Waals surface area contributed by atoms with E-state index in [-0.39, 0.29) is 18.9 Å². The van der Waals surface area contributed by atoms with E-state index < -0.39 is 5.92 Å². The molecule has 0 saturated heterocycles. The molecule has 2 aromatic heterocycles. The molecular weight excluding hydrogens is 240 g/mol. The van der Waals surface area contributed by atoms with Gasteiger partial charge in [-0.25, -0.2) is 18.7 Å². The molecule has 2 heterocycles. The van der Waals surface area contributed by atoms with Crippen LogP contribution in [0, 0.1) is 0 Å². The van der Waals surface area contributed by atoms with Crippen molar-refractivity contribution in [3.8, 4) is 5.88 Å². The van der Waals surface area contributed by atoms with E-state index in [9.17, 15) is 8.78 Å². The van der Waals surface area contributed by atoms with Crippen molar-refractivity contribution >= 4 is 11.0 Å². The van der Waals surface area contributed by atoms with Crippen LogP contribution in [0.25, 0.3) is 11.0 Å². The highest BCUT2D eigenvalue weighted by molar-refractivity contribution is 5.80. The fourth-order valence-corrected chi connectivity index (χ4v) is 2.23. The molecule has 96 valence electrons. The molecule has 1 aliphatic carbocycles. The molecule has 4 nitrogen and oxygen atoms in total. The van der Waals surface area contributed by atoms with Gasteiger partial charge in [0, 0.05) is 19.0 Å². The summed E-state index contributed by atoms with van der Waals surface area (Å²) in [4.78, 5) is 11.1. The molecule has 2 aromatic rings. The predicted molar refractivity (Wildman–Crippen MR) is 61.7 cm³/mol. The van der Waals surface area contributed by atoms with Gasteiger partial charge in [0.1, 0.15) is 18.1 Å². The predicted octanol–water partition coefficient (Wildman–Crippen LogP) is 2.91. The number of H-pyrrole nitrogens is 1. The maximum Gasteiger partial charge on any atom is 0.248 e. The molecular formula is C12H13F2N3O. The molecule has 0 aliphatic heterocycles. The third kappa shape index (κ3) is 2.14. The number of hydrogen-bond acceptors (Lipinski definition) is 3. The Morgan fingerprint density at radius 3 is 2.83 bits per heavy atom. The SMILES string of the molecule is FC1(F)CCC(Oc2ncnc3[nH]ccc23)CC1. The average Bonchev–Trinajstić information content (AvgIpc) is 2.81. The van der Waals surface area contributed by atoms with E-state index in [1.54, 1.807) is 6.20 Å². The third-order valence-electron chi connectivity index (χ3n) is 3.26. The summed E-state index contributed by atoms with van der Waals surface area (Å²) in [7, 11) is 0. The van der Waals surface area contributed by atoms with Gasteiger partial charge in [0.05, 0.1) is 5.39 Å². The van der Waals surface area contributed by atoms with Crippen molar-refractivity contribution in [3.63, 3.8) is 0 Å². The minimum absolute atomic E-state index is 0.112. The average molecular weight is 253 g/mol. The van der Waals surface area contributed by atoms with Crippen molar-refractivity contribution in [2.24, 2.45) is 0 Å². The molecule has 0 atom stereocenters. The third-order valence-corrected chi connectivity index (χ3v) is 3.26. The summed E-state index contributed by atoms with van der Waals surface area (Å²) in [5.74, 6) is -2.06. The highest BCUT2D eigenvalue weighted by Crippen LogP contribution is 2.35. The van der Waals surface area contributed by atoms with Crippen molar-refractivity contribution in [2.75, 3.05) is 0 Å². The van der Waals surface area contributed by atoms with Crippen molar-refractivity contribution < 1.29 is 13.5 Å². The summed E-state index contributed by atoms with van der Waals surface area (Å²) >= 11 is 0. The Morgan fingerprint density at radius 2 is 2.06 bits per heavy atom. The molecule has 1 fully saturated rings. The van der Waals surface area contributed by atoms with E-state index in [0.717, 1.165) is 5.39 Å². The van der Waals surface area contributed by atoms with Crippen LogP contribution < -0.4 is 4.74 Å². The summed E-state index contributed by atoms with van der Waals surface area (Å²) in [6, 6.07) is 1.82. The highest BCUT2D eigenvalue weighted by Gasteiger charge is 2.36. The Hall–Kier alpha value is -1.72. The van der Waals surface area contributed by atoms with E-state index in [1.165, 1.54) is 6.33 Å². The summed E-state index contributed by atoms with van der Waals surface area (Å²) < 4.78 is 31.8. The second-order valence-electron chi connectivity index (χ2n) is 4.59. The molecule has 0 bridgehead atoms. The quantitative estimate of drug-likeness (QED) is 0.895. The molecule has 1 N–H and O–H groups in total. The first-order valence-corrected chi connectivity index (χ1v) is 5.97. The van der Waals surface area contributed by atoms with Crippen LogP contribution in [0.15, 0.2) is 18.6 Å². The van der Waals surface area contributed by atoms with Gasteiger partial charge in [-0.2, -0.15) is 0 Å². The van der Waals surface area contributed by atoms with Gasteiger partial charge in [0.25, 0.3) is 0 Å². The second kappa shape index (κ2) is 4.19. The lowest BCUT2D eigenvalue weighted by Crippen LogP contribution is -2.30. The molecule has 18 heavy (non-hydrogen) atoms. The molecule has 0 aromatic carbocycles. The minimum atomic E-state index is -2.53. The Balaban J connectivity index is 1.75. The van der Waals surface area contributed by atoms with Gasteiger partial charge >= 0.3 is 0 Å². The first-order valence-electron chi connectivity index (χ1n) is 5.97. The fourth-order valence-electron chi connectivity index (χ4n) is 2.23. The van der Waals surface area contributed by atoms with E-state index in [2.05, 4.69) is 15.0 Å². The van der Waals surface area contributed by atoms with Crippen LogP contribution in [0.5, 0.6) is 5.88 Å². The Kier molecular flexibility index (Phi) is 2.65. The van der Waals surface area contributed by atoms with Gasteiger partial charge in [0.2, 0.25) is 11.8 Å². The van der Waals surface area contributed by atoms with E-state index in [1.807, 2.05) is 6.07 Å². The zero-order valence-electron chi connectivity index (χ0n) is 9.70. The largest absolute Gasteiger partial charge is 0.474 e. The van der Waals surface area contributed by atoms with E-state index in [4.69, 9.17) is 4.74 Å². The minimum Gasteiger partial charge on any atom is -0.474 e. The van der Waals surface area contributed by atoms with Crippen LogP contribution in [0.1, 0.15) is 25.7 Å². The van der Waals surface area contributed by atoms with Crippen molar-refractivity contribution in [2.45, 2.75) is 37.7 Å². The number of nitrogens with one attached hydrogen (secondary N) is 1. The van der Waals surface area contributed by atoms with Crippen LogP contribution in [0.3, 0.4) is 0 Å². The normalized spacial score (nSPS) is 20.1. The molecule has 0 radical (unpaired) electrons. The first-order chi connectivity index (χ1) is 8.64. The Morgan fingerprint density at radius 1 is 1.28 bits per heavy atom. The molecule has 0 spiro atoms. The van der Waals surface area contributed by atoms with Crippen molar-refractivity contribution in [1.29, 1.82) is 0 Å². The van der Waals surface area contributed by atoms with Crippen molar-refractivity contribution in [1.82, 2.24) is 15.0 Å². The molecule has 0 amide bonds. The number of aromatic amines is 1. The summed E-state index contributed by atoms with van der Waals surface area (Å²) in [6.45, 7) is 0. The van der Waals surface area contributed by atoms with Crippen molar-refractivity contribution in [3.05, 3.63) is 18.6 Å². The zero-order valence-corrected chi connectivity index (χ0v) is 9.70. The Bertz CT molecular complexity index is 545. The van der Waals surface area contributed by atoms with Gasteiger partial charge in [-0.3, -0.25) is 0 Å². The van der Waals surface area contributed by atoms with E-state index in [0.29, 0.717) is 24.4 Å². The van der Waals surface area contributed by atoms with Gasteiger partial charge < -0.3 is 9.72 Å².